The number of rotatable bonds is 3. The maximum Gasteiger partial charge on any atom is 0.147 e. The lowest BCUT2D eigenvalue weighted by atomic mass is 9.80. The predicted octanol–water partition coefficient (Wildman–Crippen LogP) is 17.4. The lowest BCUT2D eigenvalue weighted by Crippen LogP contribution is -2.15. The van der Waals surface area contributed by atoms with E-state index in [9.17, 15) is 0 Å². The van der Waals surface area contributed by atoms with E-state index < -0.39 is 0 Å². The summed E-state index contributed by atoms with van der Waals surface area (Å²) in [5, 5.41) is 14.4. The molecule has 2 heterocycles. The van der Waals surface area contributed by atoms with E-state index >= 15 is 0 Å². The molecule has 0 radical (unpaired) electrons. The highest BCUT2D eigenvalue weighted by Gasteiger charge is 2.36. The van der Waals surface area contributed by atoms with Gasteiger partial charge in [0.25, 0.3) is 0 Å². The fourth-order valence-corrected chi connectivity index (χ4v) is 11.3. The fourth-order valence-electron chi connectivity index (χ4n) is 11.3. The molecule has 0 saturated heterocycles. The van der Waals surface area contributed by atoms with E-state index in [0.717, 1.165) is 49.4 Å². The highest BCUT2D eigenvalue weighted by atomic mass is 16.3. The van der Waals surface area contributed by atoms with E-state index in [4.69, 9.17) is 8.83 Å². The van der Waals surface area contributed by atoms with Gasteiger partial charge in [-0.2, -0.15) is 0 Å². The van der Waals surface area contributed by atoms with Crippen LogP contribution >= 0.6 is 0 Å². The Balaban J connectivity index is 0.899. The molecule has 2 nitrogen and oxygen atoms in total. The van der Waals surface area contributed by atoms with Gasteiger partial charge in [-0.25, -0.2) is 0 Å². The van der Waals surface area contributed by atoms with Crippen LogP contribution in [0.1, 0.15) is 25.0 Å². The summed E-state index contributed by atoms with van der Waals surface area (Å²) in [6.45, 7) is 4.76. The van der Waals surface area contributed by atoms with Crippen molar-refractivity contribution in [3.63, 3.8) is 0 Å². The van der Waals surface area contributed by atoms with E-state index in [1.54, 1.807) is 0 Å². The van der Waals surface area contributed by atoms with Gasteiger partial charge in [0, 0.05) is 21.6 Å². The Bertz CT molecular complexity index is 4060. The average molecular weight is 803 g/mol. The number of fused-ring (bicyclic) bond motifs is 15. The Morgan fingerprint density at radius 2 is 0.905 bits per heavy atom. The summed E-state index contributed by atoms with van der Waals surface area (Å²) in [7, 11) is 0. The minimum atomic E-state index is -0.181. The second-order valence-corrected chi connectivity index (χ2v) is 17.9. The van der Waals surface area contributed by atoms with E-state index in [1.807, 2.05) is 0 Å². The number of furan rings is 2. The van der Waals surface area contributed by atoms with Crippen LogP contribution in [0.15, 0.2) is 203 Å². The van der Waals surface area contributed by atoms with Gasteiger partial charge >= 0.3 is 0 Å². The quantitative estimate of drug-likeness (QED) is 0.166. The molecule has 294 valence electrons. The van der Waals surface area contributed by atoms with Crippen molar-refractivity contribution in [2.75, 3.05) is 0 Å². The summed E-state index contributed by atoms with van der Waals surface area (Å²) in [5.74, 6) is 0. The van der Waals surface area contributed by atoms with Crippen LogP contribution in [0.3, 0.4) is 0 Å². The normalized spacial score (nSPS) is 13.4. The topological polar surface area (TPSA) is 26.3 Å². The van der Waals surface area contributed by atoms with Gasteiger partial charge in [0.05, 0.1) is 5.39 Å². The molecular formula is C61H38O2. The zero-order chi connectivity index (χ0) is 41.6. The molecule has 1 aliphatic carbocycles. The molecule has 11 aromatic carbocycles. The van der Waals surface area contributed by atoms with Gasteiger partial charge < -0.3 is 8.83 Å². The molecule has 2 heteroatoms. The van der Waals surface area contributed by atoms with Crippen molar-refractivity contribution in [3.05, 3.63) is 205 Å². The van der Waals surface area contributed by atoms with E-state index in [1.165, 1.54) is 93.2 Å². The van der Waals surface area contributed by atoms with Gasteiger partial charge in [0.15, 0.2) is 0 Å². The Morgan fingerprint density at radius 1 is 0.317 bits per heavy atom. The van der Waals surface area contributed by atoms with Crippen molar-refractivity contribution in [1.82, 2.24) is 0 Å². The molecule has 13 aromatic rings. The monoisotopic (exact) mass is 802 g/mol. The molecule has 0 aliphatic heterocycles. The van der Waals surface area contributed by atoms with Gasteiger partial charge in [-0.3, -0.25) is 0 Å². The van der Waals surface area contributed by atoms with Crippen LogP contribution in [0, 0.1) is 0 Å². The van der Waals surface area contributed by atoms with Crippen LogP contribution in [-0.2, 0) is 5.41 Å². The molecule has 0 spiro atoms. The maximum absolute atomic E-state index is 6.61. The zero-order valence-corrected chi connectivity index (χ0v) is 34.8. The standard InChI is InChI=1S/C61H38O2/c1-61(2)51-29-24-37(38-22-27-48-55(34-38)62-54-31-28-49-58-41-16-6-4-13-36(41)25-30-53(58)63-60(49)59(48)54)32-50(51)42-26-23-39(33-52(42)61)56-44-17-7-9-19-46(44)57(47-20-10-8-18-45(47)56)43-21-11-14-35-12-3-5-15-40(35)43/h3-34H,1-2H3. The van der Waals surface area contributed by atoms with Gasteiger partial charge in [0.1, 0.15) is 22.3 Å². The highest BCUT2D eigenvalue weighted by molar-refractivity contribution is 6.27. The van der Waals surface area contributed by atoms with E-state index in [-0.39, 0.29) is 5.41 Å². The van der Waals surface area contributed by atoms with Crippen molar-refractivity contribution in [1.29, 1.82) is 0 Å². The fraction of sp³-hybridized carbons (Fsp3) is 0.0492. The third-order valence-electron chi connectivity index (χ3n) is 14.3. The molecule has 1 aliphatic rings. The molecular weight excluding hydrogens is 765 g/mol. The highest BCUT2D eigenvalue weighted by Crippen LogP contribution is 2.53. The number of hydrogen-bond donors (Lipinski definition) is 0. The molecule has 0 N–H and O–H groups in total. The van der Waals surface area contributed by atoms with Crippen molar-refractivity contribution in [3.8, 4) is 44.5 Å². The summed E-state index contributed by atoms with van der Waals surface area (Å²) in [6.07, 6.45) is 0. The van der Waals surface area contributed by atoms with Gasteiger partial charge in [-0.1, -0.05) is 166 Å². The SMILES string of the molecule is CC1(C)c2ccc(-c3ccc4c(c3)oc3ccc5c(oc6ccc7ccccc7c65)c34)cc2-c2ccc(-c3c4ccccc4c(-c4cccc5ccccc45)c4ccccc34)cc21. The smallest absolute Gasteiger partial charge is 0.147 e. The van der Waals surface area contributed by atoms with Crippen LogP contribution in [0.2, 0.25) is 0 Å². The van der Waals surface area contributed by atoms with Crippen LogP contribution in [0.25, 0.3) is 131 Å². The lowest BCUT2D eigenvalue weighted by molar-refractivity contribution is 0.660. The van der Waals surface area contributed by atoms with E-state index in [0.29, 0.717) is 0 Å². The van der Waals surface area contributed by atoms with E-state index in [2.05, 4.69) is 208 Å². The molecule has 0 fully saturated rings. The molecule has 0 amide bonds. The van der Waals surface area contributed by atoms with Gasteiger partial charge in [0.2, 0.25) is 0 Å². The maximum atomic E-state index is 6.61. The average Bonchev–Trinajstić information content (AvgIpc) is 3.97. The molecule has 0 saturated carbocycles. The summed E-state index contributed by atoms with van der Waals surface area (Å²) >= 11 is 0. The second-order valence-electron chi connectivity index (χ2n) is 17.9. The van der Waals surface area contributed by atoms with Crippen LogP contribution in [-0.4, -0.2) is 0 Å². The van der Waals surface area contributed by atoms with Crippen molar-refractivity contribution in [2.24, 2.45) is 0 Å². The first-order valence-corrected chi connectivity index (χ1v) is 21.9. The Hall–Kier alpha value is -7.94. The Labute approximate surface area is 363 Å². The summed E-state index contributed by atoms with van der Waals surface area (Å²) in [4.78, 5) is 0. The third-order valence-corrected chi connectivity index (χ3v) is 14.3. The minimum absolute atomic E-state index is 0.181. The second kappa shape index (κ2) is 12.6. The number of benzene rings is 11. The van der Waals surface area contributed by atoms with Crippen LogP contribution < -0.4 is 0 Å². The molecule has 0 bridgehead atoms. The van der Waals surface area contributed by atoms with Gasteiger partial charge in [-0.05, 0) is 141 Å². The summed E-state index contributed by atoms with van der Waals surface area (Å²) < 4.78 is 13.2. The summed E-state index contributed by atoms with van der Waals surface area (Å²) in [6, 6.07) is 71.3. The van der Waals surface area contributed by atoms with Crippen molar-refractivity contribution < 1.29 is 8.83 Å². The first kappa shape index (κ1) is 34.7. The van der Waals surface area contributed by atoms with Gasteiger partial charge in [-0.15, -0.1) is 0 Å². The number of hydrogen-bond acceptors (Lipinski definition) is 2. The zero-order valence-electron chi connectivity index (χ0n) is 34.8. The molecule has 63 heavy (non-hydrogen) atoms. The Morgan fingerprint density at radius 3 is 1.68 bits per heavy atom. The predicted molar refractivity (Wildman–Crippen MR) is 265 cm³/mol. The summed E-state index contributed by atoms with van der Waals surface area (Å²) in [5.41, 5.74) is 16.0. The van der Waals surface area contributed by atoms with Crippen molar-refractivity contribution in [2.45, 2.75) is 19.3 Å². The molecule has 14 rings (SSSR count). The van der Waals surface area contributed by atoms with Crippen LogP contribution in [0.4, 0.5) is 0 Å². The first-order chi connectivity index (χ1) is 31.0. The lowest BCUT2D eigenvalue weighted by Gasteiger charge is -2.23. The molecule has 2 aromatic heterocycles. The first-order valence-electron chi connectivity index (χ1n) is 21.9. The third kappa shape index (κ3) is 4.78. The molecule has 0 atom stereocenters. The van der Waals surface area contributed by atoms with Crippen LogP contribution in [0.5, 0.6) is 0 Å². The largest absolute Gasteiger partial charge is 0.456 e. The minimum Gasteiger partial charge on any atom is -0.456 e. The molecule has 0 unspecified atom stereocenters. The Kier molecular flexibility index (Phi) is 6.93. The van der Waals surface area contributed by atoms with Crippen molar-refractivity contribution >= 4 is 87.0 Å².